The zero-order valence-electron chi connectivity index (χ0n) is 16.2. The topological polar surface area (TPSA) is 46.6 Å². The van der Waals surface area contributed by atoms with Crippen molar-refractivity contribution in [3.63, 3.8) is 0 Å². The Morgan fingerprint density at radius 1 is 0.926 bits per heavy atom. The fourth-order valence-corrected chi connectivity index (χ4v) is 6.54. The molecule has 0 spiro atoms. The fourth-order valence-electron chi connectivity index (χ4n) is 3.77. The molecule has 0 aromatic heterocycles. The molecule has 0 radical (unpaired) electrons. The zero-order chi connectivity index (χ0) is 19.4. The molecule has 1 aliphatic heterocycles. The lowest BCUT2D eigenvalue weighted by atomic mass is 9.90. The summed E-state index contributed by atoms with van der Waals surface area (Å²) >= 11 is 0. The van der Waals surface area contributed by atoms with Gasteiger partial charge in [-0.05, 0) is 35.8 Å². The molecule has 142 valence electrons. The number of β-lactam (4-membered cyclic amide) rings is 1. The van der Waals surface area contributed by atoms with Gasteiger partial charge in [0.2, 0.25) is 0 Å². The standard InChI is InChI=1S/C22H27NO3Si/c1-4-27(5-2,6-3)26-20-19(17-13-9-7-10-14-17)23(22(20)25)21(24)18-15-11-8-12-16-18/h7-16,19-20H,4-6H2,1-3H3/t19-,20+/m1/s1. The fraction of sp³-hybridized carbons (Fsp3) is 0.364. The molecule has 1 fully saturated rings. The summed E-state index contributed by atoms with van der Waals surface area (Å²) in [6.07, 6.45) is -0.563. The summed E-state index contributed by atoms with van der Waals surface area (Å²) in [6, 6.07) is 21.3. The van der Waals surface area contributed by atoms with Crippen LogP contribution in [0, 0.1) is 0 Å². The highest BCUT2D eigenvalue weighted by Crippen LogP contribution is 2.41. The zero-order valence-corrected chi connectivity index (χ0v) is 17.2. The second-order valence-corrected chi connectivity index (χ2v) is 11.7. The number of nitrogens with zero attached hydrogens (tertiary/aromatic N) is 1. The van der Waals surface area contributed by atoms with E-state index in [1.807, 2.05) is 48.5 Å². The molecule has 1 saturated heterocycles. The van der Waals surface area contributed by atoms with Crippen LogP contribution in [0.1, 0.15) is 42.7 Å². The first-order valence-electron chi connectivity index (χ1n) is 9.72. The van der Waals surface area contributed by atoms with Crippen molar-refractivity contribution < 1.29 is 14.0 Å². The minimum atomic E-state index is -1.97. The molecule has 2 aromatic rings. The SMILES string of the molecule is CC[Si](CC)(CC)O[C@@H]1C(=O)N(C(=O)c2ccccc2)[C@@H]1c1ccccc1. The Bertz CT molecular complexity index is 781. The second-order valence-electron chi connectivity index (χ2n) is 7.02. The van der Waals surface area contributed by atoms with Gasteiger partial charge in [-0.2, -0.15) is 0 Å². The van der Waals surface area contributed by atoms with Crippen LogP contribution in [0.4, 0.5) is 0 Å². The molecule has 1 heterocycles. The first-order valence-corrected chi connectivity index (χ1v) is 12.2. The van der Waals surface area contributed by atoms with Gasteiger partial charge in [0.25, 0.3) is 11.8 Å². The Kier molecular flexibility index (Phi) is 5.92. The lowest BCUT2D eigenvalue weighted by Crippen LogP contribution is -2.64. The van der Waals surface area contributed by atoms with Crippen LogP contribution in [0.25, 0.3) is 0 Å². The predicted molar refractivity (Wildman–Crippen MR) is 109 cm³/mol. The number of hydrogen-bond donors (Lipinski definition) is 0. The Morgan fingerprint density at radius 2 is 1.44 bits per heavy atom. The van der Waals surface area contributed by atoms with Gasteiger partial charge in [0, 0.05) is 5.56 Å². The number of imide groups is 1. The lowest BCUT2D eigenvalue weighted by Gasteiger charge is -2.48. The molecule has 2 atom stereocenters. The summed E-state index contributed by atoms with van der Waals surface area (Å²) in [5, 5.41) is 0. The number of hydrogen-bond acceptors (Lipinski definition) is 3. The molecule has 0 unspecified atom stereocenters. The van der Waals surface area contributed by atoms with E-state index in [4.69, 9.17) is 4.43 Å². The molecule has 0 saturated carbocycles. The van der Waals surface area contributed by atoms with E-state index in [0.29, 0.717) is 5.56 Å². The Morgan fingerprint density at radius 3 is 1.96 bits per heavy atom. The first-order chi connectivity index (χ1) is 13.1. The van der Waals surface area contributed by atoms with Crippen molar-refractivity contribution in [2.45, 2.75) is 51.0 Å². The minimum absolute atomic E-state index is 0.218. The van der Waals surface area contributed by atoms with Crippen LogP contribution in [0.5, 0.6) is 0 Å². The second kappa shape index (κ2) is 8.19. The number of carbonyl (C=O) groups is 2. The van der Waals surface area contributed by atoms with Crippen LogP contribution in [0.3, 0.4) is 0 Å². The molecule has 5 heteroatoms. The molecular weight excluding hydrogens is 354 g/mol. The predicted octanol–water partition coefficient (Wildman–Crippen LogP) is 4.80. The highest BCUT2D eigenvalue weighted by atomic mass is 28.4. The normalized spacial score (nSPS) is 19.7. The number of carbonyl (C=O) groups excluding carboxylic acids is 2. The Balaban J connectivity index is 1.94. The summed E-state index contributed by atoms with van der Waals surface area (Å²) in [4.78, 5) is 27.4. The summed E-state index contributed by atoms with van der Waals surface area (Å²) in [5.41, 5.74) is 1.47. The number of amides is 2. The monoisotopic (exact) mass is 381 g/mol. The molecular formula is C22H27NO3Si. The summed E-state index contributed by atoms with van der Waals surface area (Å²) in [5.74, 6) is -0.476. The van der Waals surface area contributed by atoms with Crippen molar-refractivity contribution in [3.05, 3.63) is 71.8 Å². The van der Waals surface area contributed by atoms with Crippen molar-refractivity contribution in [1.29, 1.82) is 0 Å². The van der Waals surface area contributed by atoms with Gasteiger partial charge >= 0.3 is 0 Å². The van der Waals surface area contributed by atoms with Gasteiger partial charge in [-0.3, -0.25) is 14.5 Å². The number of likely N-dealkylation sites (tertiary alicyclic amines) is 1. The molecule has 0 bridgehead atoms. The van der Waals surface area contributed by atoms with Gasteiger partial charge in [-0.25, -0.2) is 0 Å². The highest BCUT2D eigenvalue weighted by molar-refractivity contribution is 6.73. The van der Waals surface area contributed by atoms with E-state index < -0.39 is 14.4 Å². The van der Waals surface area contributed by atoms with Crippen molar-refractivity contribution >= 4 is 20.1 Å². The summed E-state index contributed by atoms with van der Waals surface area (Å²) < 4.78 is 6.51. The maximum atomic E-state index is 13.0. The minimum Gasteiger partial charge on any atom is -0.403 e. The van der Waals surface area contributed by atoms with E-state index in [0.717, 1.165) is 23.7 Å². The van der Waals surface area contributed by atoms with Gasteiger partial charge < -0.3 is 4.43 Å². The molecule has 1 aliphatic rings. The quantitative estimate of drug-likeness (QED) is 0.393. The molecule has 0 N–H and O–H groups in total. The Labute approximate surface area is 162 Å². The first kappa shape index (κ1) is 19.5. The van der Waals surface area contributed by atoms with E-state index in [2.05, 4.69) is 20.8 Å². The molecule has 3 rings (SSSR count). The van der Waals surface area contributed by atoms with Crippen molar-refractivity contribution in [2.24, 2.45) is 0 Å². The summed E-state index contributed by atoms with van der Waals surface area (Å²) in [7, 11) is -1.97. The average Bonchev–Trinajstić information content (AvgIpc) is 2.74. The van der Waals surface area contributed by atoms with E-state index in [-0.39, 0.29) is 17.9 Å². The van der Waals surface area contributed by atoms with Crippen LogP contribution < -0.4 is 0 Å². The van der Waals surface area contributed by atoms with E-state index in [9.17, 15) is 9.59 Å². The van der Waals surface area contributed by atoms with Crippen LogP contribution in [-0.2, 0) is 9.22 Å². The van der Waals surface area contributed by atoms with E-state index in [1.54, 1.807) is 12.1 Å². The van der Waals surface area contributed by atoms with Crippen molar-refractivity contribution in [2.75, 3.05) is 0 Å². The van der Waals surface area contributed by atoms with Crippen LogP contribution in [0.2, 0.25) is 18.1 Å². The smallest absolute Gasteiger partial charge is 0.261 e. The highest BCUT2D eigenvalue weighted by Gasteiger charge is 2.54. The maximum Gasteiger partial charge on any atom is 0.261 e. The Hall–Kier alpha value is -2.24. The third-order valence-electron chi connectivity index (χ3n) is 5.74. The van der Waals surface area contributed by atoms with Gasteiger partial charge in [-0.1, -0.05) is 69.3 Å². The number of rotatable bonds is 7. The van der Waals surface area contributed by atoms with Gasteiger partial charge in [-0.15, -0.1) is 0 Å². The van der Waals surface area contributed by atoms with Crippen LogP contribution in [-0.4, -0.2) is 31.1 Å². The van der Waals surface area contributed by atoms with Gasteiger partial charge in [0.15, 0.2) is 14.4 Å². The molecule has 0 aliphatic carbocycles. The third kappa shape index (κ3) is 3.62. The molecule has 4 nitrogen and oxygen atoms in total. The molecule has 27 heavy (non-hydrogen) atoms. The van der Waals surface area contributed by atoms with E-state index in [1.165, 1.54) is 4.90 Å². The van der Waals surface area contributed by atoms with Crippen LogP contribution in [0.15, 0.2) is 60.7 Å². The maximum absolute atomic E-state index is 13.0. The van der Waals surface area contributed by atoms with Crippen molar-refractivity contribution in [3.8, 4) is 0 Å². The van der Waals surface area contributed by atoms with Crippen LogP contribution >= 0.6 is 0 Å². The lowest BCUT2D eigenvalue weighted by molar-refractivity contribution is -0.158. The molecule has 2 amide bonds. The van der Waals surface area contributed by atoms with Gasteiger partial charge in [0.1, 0.15) is 0 Å². The van der Waals surface area contributed by atoms with E-state index >= 15 is 0 Å². The summed E-state index contributed by atoms with van der Waals surface area (Å²) in [6.45, 7) is 6.44. The molecule has 2 aromatic carbocycles. The third-order valence-corrected chi connectivity index (χ3v) is 10.4. The largest absolute Gasteiger partial charge is 0.403 e. The average molecular weight is 382 g/mol. The number of benzene rings is 2. The van der Waals surface area contributed by atoms with Gasteiger partial charge in [0.05, 0.1) is 6.04 Å². The van der Waals surface area contributed by atoms with Crippen molar-refractivity contribution in [1.82, 2.24) is 4.90 Å².